The molecule has 28 heavy (non-hydrogen) atoms. The number of ketones is 1. The SMILES string of the molecule is C[C@@H](CCC(=O)O)[C@H]1CC[C@H]2[C@@H]3CC[C@H]4CC(=O)CC[C@]4(C)[C@H]3C[C@H](O)[C@]12C. The maximum Gasteiger partial charge on any atom is 0.303 e. The lowest BCUT2D eigenvalue weighted by molar-refractivity contribution is -0.171. The van der Waals surface area contributed by atoms with Crippen LogP contribution >= 0.6 is 0 Å². The average molecular weight is 391 g/mol. The fourth-order valence-electron chi connectivity index (χ4n) is 8.52. The molecule has 4 aliphatic rings. The van der Waals surface area contributed by atoms with E-state index >= 15 is 0 Å². The first-order valence-electron chi connectivity index (χ1n) is 11.6. The number of hydrogen-bond acceptors (Lipinski definition) is 3. The highest BCUT2D eigenvalue weighted by Gasteiger charge is 2.63. The van der Waals surface area contributed by atoms with Gasteiger partial charge in [0.15, 0.2) is 0 Å². The van der Waals surface area contributed by atoms with Crippen molar-refractivity contribution >= 4 is 11.8 Å². The molecule has 4 heteroatoms. The first-order valence-corrected chi connectivity index (χ1v) is 11.6. The Morgan fingerprint density at radius 2 is 1.93 bits per heavy atom. The van der Waals surface area contributed by atoms with Crippen molar-refractivity contribution in [2.45, 2.75) is 91.1 Å². The molecule has 4 nitrogen and oxygen atoms in total. The molecule has 2 N–H and O–H groups in total. The zero-order chi connectivity index (χ0) is 20.3. The summed E-state index contributed by atoms with van der Waals surface area (Å²) in [6.07, 6.45) is 8.69. The van der Waals surface area contributed by atoms with E-state index in [1.54, 1.807) is 0 Å². The van der Waals surface area contributed by atoms with Crippen LogP contribution in [-0.4, -0.2) is 28.1 Å². The van der Waals surface area contributed by atoms with Gasteiger partial charge in [0, 0.05) is 19.3 Å². The van der Waals surface area contributed by atoms with Gasteiger partial charge in [-0.2, -0.15) is 0 Å². The molecule has 0 unspecified atom stereocenters. The van der Waals surface area contributed by atoms with Crippen molar-refractivity contribution in [3.8, 4) is 0 Å². The van der Waals surface area contributed by atoms with Gasteiger partial charge in [0.25, 0.3) is 0 Å². The van der Waals surface area contributed by atoms with Crippen molar-refractivity contribution in [3.63, 3.8) is 0 Å². The first kappa shape index (κ1) is 20.4. The Kier molecular flexibility index (Phi) is 5.17. The molecular formula is C24H38O4. The van der Waals surface area contributed by atoms with E-state index in [-0.39, 0.29) is 23.4 Å². The summed E-state index contributed by atoms with van der Waals surface area (Å²) in [5, 5.41) is 20.5. The number of carbonyl (C=O) groups excluding carboxylic acids is 1. The standard InChI is InChI=1S/C24H38O4/c1-14(4-9-22(27)28)18-7-8-19-17-6-5-15-12-16(25)10-11-23(15,2)20(17)13-21(26)24(18,19)3/h14-15,17-21,26H,4-13H2,1-3H3,(H,27,28)/t14-,15-,17-,18+,19-,20-,21-,23-,24+/m0/s1. The predicted octanol–water partition coefficient (Wildman–Crippen LogP) is 4.69. The van der Waals surface area contributed by atoms with E-state index in [0.717, 1.165) is 32.1 Å². The molecule has 9 atom stereocenters. The van der Waals surface area contributed by atoms with Crippen LogP contribution in [0.25, 0.3) is 0 Å². The summed E-state index contributed by atoms with van der Waals surface area (Å²) in [4.78, 5) is 23.1. The van der Waals surface area contributed by atoms with Gasteiger partial charge in [-0.3, -0.25) is 9.59 Å². The number of carboxylic acid groups (broad SMARTS) is 1. The number of aliphatic hydroxyl groups excluding tert-OH is 1. The van der Waals surface area contributed by atoms with Crippen molar-refractivity contribution in [1.82, 2.24) is 0 Å². The second-order valence-electron chi connectivity index (χ2n) is 11.1. The Balaban J connectivity index is 1.57. The van der Waals surface area contributed by atoms with Crippen LogP contribution in [0.2, 0.25) is 0 Å². The Morgan fingerprint density at radius 1 is 1.18 bits per heavy atom. The second-order valence-corrected chi connectivity index (χ2v) is 11.1. The Labute approximate surface area is 169 Å². The molecule has 0 radical (unpaired) electrons. The van der Waals surface area contributed by atoms with Gasteiger partial charge in [-0.25, -0.2) is 0 Å². The van der Waals surface area contributed by atoms with Gasteiger partial charge in [-0.05, 0) is 91.3 Å². The van der Waals surface area contributed by atoms with Gasteiger partial charge in [0.05, 0.1) is 6.10 Å². The summed E-state index contributed by atoms with van der Waals surface area (Å²) in [7, 11) is 0. The van der Waals surface area contributed by atoms with Crippen molar-refractivity contribution in [3.05, 3.63) is 0 Å². The topological polar surface area (TPSA) is 74.6 Å². The number of Topliss-reactive ketones (excluding diaryl/α,β-unsaturated/α-hetero) is 1. The van der Waals surface area contributed by atoms with Crippen LogP contribution in [0.3, 0.4) is 0 Å². The van der Waals surface area contributed by atoms with E-state index in [9.17, 15) is 14.7 Å². The molecule has 0 spiro atoms. The highest BCUT2D eigenvalue weighted by molar-refractivity contribution is 5.79. The lowest BCUT2D eigenvalue weighted by Gasteiger charge is -2.62. The monoisotopic (exact) mass is 390 g/mol. The number of rotatable bonds is 4. The van der Waals surface area contributed by atoms with Crippen LogP contribution in [0.4, 0.5) is 0 Å². The van der Waals surface area contributed by atoms with Crippen LogP contribution < -0.4 is 0 Å². The number of carbonyl (C=O) groups is 2. The van der Waals surface area contributed by atoms with Crippen LogP contribution in [-0.2, 0) is 9.59 Å². The minimum atomic E-state index is -0.714. The van der Waals surface area contributed by atoms with Crippen molar-refractivity contribution < 1.29 is 19.8 Å². The molecular weight excluding hydrogens is 352 g/mol. The minimum Gasteiger partial charge on any atom is -0.481 e. The zero-order valence-electron chi connectivity index (χ0n) is 17.8. The molecule has 0 saturated heterocycles. The normalized spacial score (nSPS) is 49.1. The molecule has 4 aliphatic carbocycles. The van der Waals surface area contributed by atoms with Crippen LogP contribution in [0, 0.1) is 46.3 Å². The Morgan fingerprint density at radius 3 is 2.64 bits per heavy atom. The van der Waals surface area contributed by atoms with Gasteiger partial charge >= 0.3 is 5.97 Å². The highest BCUT2D eigenvalue weighted by atomic mass is 16.4. The molecule has 4 fully saturated rings. The molecule has 0 aromatic rings. The van der Waals surface area contributed by atoms with Crippen molar-refractivity contribution in [2.75, 3.05) is 0 Å². The summed E-state index contributed by atoms with van der Waals surface area (Å²) in [6, 6.07) is 0. The number of fused-ring (bicyclic) bond motifs is 5. The van der Waals surface area contributed by atoms with E-state index in [1.807, 2.05) is 0 Å². The molecule has 0 aromatic carbocycles. The van der Waals surface area contributed by atoms with Crippen LogP contribution in [0.1, 0.15) is 85.0 Å². The smallest absolute Gasteiger partial charge is 0.303 e. The molecule has 158 valence electrons. The molecule has 0 heterocycles. The second kappa shape index (κ2) is 7.11. The number of aliphatic carboxylic acids is 1. The fraction of sp³-hybridized carbons (Fsp3) is 0.917. The van der Waals surface area contributed by atoms with E-state index in [4.69, 9.17) is 5.11 Å². The largest absolute Gasteiger partial charge is 0.481 e. The van der Waals surface area contributed by atoms with Gasteiger partial charge in [0.1, 0.15) is 5.78 Å². The molecule has 0 aromatic heterocycles. The fourth-order valence-corrected chi connectivity index (χ4v) is 8.52. The molecule has 0 aliphatic heterocycles. The average Bonchev–Trinajstić information content (AvgIpc) is 3.00. The molecule has 0 bridgehead atoms. The van der Waals surface area contributed by atoms with Gasteiger partial charge in [0.2, 0.25) is 0 Å². The summed E-state index contributed by atoms with van der Waals surface area (Å²) in [5.41, 5.74) is 0.138. The first-order chi connectivity index (χ1) is 13.2. The molecule has 0 amide bonds. The highest BCUT2D eigenvalue weighted by Crippen LogP contribution is 2.68. The summed E-state index contributed by atoms with van der Waals surface area (Å²) < 4.78 is 0. The third-order valence-corrected chi connectivity index (χ3v) is 10.2. The lowest BCUT2D eigenvalue weighted by Crippen LogP contribution is -2.58. The molecule has 4 saturated carbocycles. The summed E-state index contributed by atoms with van der Waals surface area (Å²) in [5.74, 6) is 2.76. The number of carboxylic acids is 1. The maximum absolute atomic E-state index is 12.1. The van der Waals surface area contributed by atoms with E-state index in [2.05, 4.69) is 20.8 Å². The van der Waals surface area contributed by atoms with Crippen molar-refractivity contribution in [2.24, 2.45) is 46.3 Å². The van der Waals surface area contributed by atoms with Crippen molar-refractivity contribution in [1.29, 1.82) is 0 Å². The van der Waals surface area contributed by atoms with Crippen LogP contribution in [0.5, 0.6) is 0 Å². The molecule has 4 rings (SSSR count). The summed E-state index contributed by atoms with van der Waals surface area (Å²) >= 11 is 0. The van der Waals surface area contributed by atoms with E-state index < -0.39 is 5.97 Å². The predicted molar refractivity (Wildman–Crippen MR) is 108 cm³/mol. The lowest BCUT2D eigenvalue weighted by atomic mass is 9.44. The Hall–Kier alpha value is -0.900. The third kappa shape index (κ3) is 2.97. The van der Waals surface area contributed by atoms with Gasteiger partial charge in [-0.15, -0.1) is 0 Å². The van der Waals surface area contributed by atoms with Gasteiger partial charge in [-0.1, -0.05) is 20.8 Å². The van der Waals surface area contributed by atoms with E-state index in [0.29, 0.717) is 47.7 Å². The maximum atomic E-state index is 12.1. The van der Waals surface area contributed by atoms with Crippen LogP contribution in [0.15, 0.2) is 0 Å². The van der Waals surface area contributed by atoms with E-state index in [1.165, 1.54) is 19.3 Å². The summed E-state index contributed by atoms with van der Waals surface area (Å²) in [6.45, 7) is 6.93. The zero-order valence-corrected chi connectivity index (χ0v) is 17.8. The van der Waals surface area contributed by atoms with Gasteiger partial charge < -0.3 is 10.2 Å². The third-order valence-electron chi connectivity index (χ3n) is 10.2. The quantitative estimate of drug-likeness (QED) is 0.730. The minimum absolute atomic E-state index is 0.0766. The number of hydrogen-bond donors (Lipinski definition) is 2. The number of aliphatic hydroxyl groups is 1. The Bertz CT molecular complexity index is 645.